The van der Waals surface area contributed by atoms with E-state index in [-0.39, 0.29) is 29.1 Å². The minimum absolute atomic E-state index is 0.142. The lowest BCUT2D eigenvalue weighted by Gasteiger charge is -2.39. The van der Waals surface area contributed by atoms with Crippen molar-refractivity contribution in [2.24, 2.45) is 0 Å². The van der Waals surface area contributed by atoms with Crippen LogP contribution in [0.5, 0.6) is 0 Å². The Morgan fingerprint density at radius 3 is 2.70 bits per heavy atom. The van der Waals surface area contributed by atoms with Crippen molar-refractivity contribution in [2.45, 2.75) is 51.2 Å². The molecule has 2 aromatic heterocycles. The van der Waals surface area contributed by atoms with E-state index >= 15 is 0 Å². The molecule has 0 radical (unpaired) electrons. The molecule has 13 heteroatoms. The zero-order chi connectivity index (χ0) is 28.2. The first-order valence-corrected chi connectivity index (χ1v) is 15.9. The van der Waals surface area contributed by atoms with E-state index in [0.29, 0.717) is 36.6 Å². The van der Waals surface area contributed by atoms with E-state index in [1.165, 1.54) is 23.9 Å². The number of anilines is 1. The number of carbonyl (C=O) groups is 2. The van der Waals surface area contributed by atoms with Crippen LogP contribution in [-0.2, 0) is 9.53 Å². The lowest BCUT2D eigenvalue weighted by molar-refractivity contribution is -0.144. The molecule has 0 spiro atoms. The van der Waals surface area contributed by atoms with Crippen molar-refractivity contribution < 1.29 is 14.3 Å². The van der Waals surface area contributed by atoms with E-state index in [9.17, 15) is 9.59 Å². The van der Waals surface area contributed by atoms with Gasteiger partial charge in [-0.1, -0.05) is 23.4 Å². The Bertz CT molecular complexity index is 1240. The molecule has 0 aliphatic carbocycles. The van der Waals surface area contributed by atoms with Crippen molar-refractivity contribution in [1.29, 1.82) is 0 Å². The summed E-state index contributed by atoms with van der Waals surface area (Å²) < 4.78 is 5.07. The summed E-state index contributed by atoms with van der Waals surface area (Å²) in [6, 6.07) is 2.66. The molecule has 3 aliphatic heterocycles. The molecular weight excluding hydrogens is 570 g/mol. The van der Waals surface area contributed by atoms with Crippen LogP contribution in [0.15, 0.2) is 28.7 Å². The predicted molar refractivity (Wildman–Crippen MR) is 160 cm³/mol. The smallest absolute Gasteiger partial charge is 0.320 e. The number of carbonyl (C=O) groups excluding carboxylic acids is 2. The average Bonchev–Trinajstić information content (AvgIpc) is 3.65. The van der Waals surface area contributed by atoms with Crippen LogP contribution in [0.4, 0.5) is 5.82 Å². The fourth-order valence-corrected chi connectivity index (χ4v) is 7.70. The minimum atomic E-state index is -0.315. The van der Waals surface area contributed by atoms with E-state index < -0.39 is 0 Å². The predicted octanol–water partition coefficient (Wildman–Crippen LogP) is 3.47. The maximum Gasteiger partial charge on any atom is 0.320 e. The van der Waals surface area contributed by atoms with Crippen LogP contribution in [0.1, 0.15) is 49.0 Å². The van der Waals surface area contributed by atoms with Gasteiger partial charge in [0.15, 0.2) is 5.50 Å². The van der Waals surface area contributed by atoms with E-state index in [1.54, 1.807) is 29.3 Å². The summed E-state index contributed by atoms with van der Waals surface area (Å²) in [5.74, 6) is 0.233. The molecule has 2 N–H and O–H groups in total. The molecule has 1 unspecified atom stereocenters. The monoisotopic (exact) mass is 605 g/mol. The van der Waals surface area contributed by atoms with Gasteiger partial charge < -0.3 is 20.3 Å². The summed E-state index contributed by atoms with van der Waals surface area (Å²) in [6.45, 7) is 10.9. The van der Waals surface area contributed by atoms with E-state index in [4.69, 9.17) is 16.3 Å². The number of nitrogens with zero attached hydrogens (tertiary/aromatic N) is 5. The highest BCUT2D eigenvalue weighted by Gasteiger charge is 2.32. The third kappa shape index (κ3) is 6.91. The maximum absolute atomic E-state index is 13.1. The summed E-state index contributed by atoms with van der Waals surface area (Å²) in [7, 11) is 0. The first kappa shape index (κ1) is 29.1. The lowest BCUT2D eigenvalue weighted by atomic mass is 10.2. The fourth-order valence-electron chi connectivity index (χ4n) is 5.37. The molecule has 0 aromatic carbocycles. The number of piperazine rings is 1. The number of thioether (sulfide) groups is 1. The highest BCUT2D eigenvalue weighted by molar-refractivity contribution is 8.04. The quantitative estimate of drug-likeness (QED) is 0.413. The van der Waals surface area contributed by atoms with Crippen molar-refractivity contribution in [3.05, 3.63) is 44.3 Å². The molecule has 1 amide bonds. The van der Waals surface area contributed by atoms with Crippen LogP contribution >= 0.6 is 34.7 Å². The van der Waals surface area contributed by atoms with Crippen LogP contribution < -0.4 is 15.5 Å². The topological polar surface area (TPSA) is 103 Å². The number of hydrogen-bond acceptors (Lipinski definition) is 11. The largest absolute Gasteiger partial charge is 0.465 e. The number of esters is 1. The Hall–Kier alpha value is -2.38. The number of amides is 1. The number of ether oxygens (including phenoxy) is 1. The molecular formula is C27H36ClN7O3S2. The standard InChI is InChI=1S/C27H36ClN7O3S2/c1-4-38-24(36)15-33-8-9-35(18(3)13-33)23-12-29-20(11-30-23)26(37)32-27-31-25(21-10-19(28)16-39-21)22(40-27)14-34-7-5-6-17(34)2/h10-12,16-18,27,31H,4-9,13-15H2,1-3H3,(H,32,37)/t17-,18+,27?/m1/s1. The van der Waals surface area contributed by atoms with Gasteiger partial charge in [0.25, 0.3) is 5.91 Å². The molecule has 216 valence electrons. The summed E-state index contributed by atoms with van der Waals surface area (Å²) in [6.07, 6.45) is 5.60. The van der Waals surface area contributed by atoms with E-state index in [1.807, 2.05) is 18.4 Å². The molecule has 2 saturated heterocycles. The number of likely N-dealkylation sites (tertiary alicyclic amines) is 1. The van der Waals surface area contributed by atoms with Crippen LogP contribution in [0, 0.1) is 0 Å². The molecule has 2 aromatic rings. The summed E-state index contributed by atoms with van der Waals surface area (Å²) in [5.41, 5.74) is 0.983. The van der Waals surface area contributed by atoms with Gasteiger partial charge in [-0.25, -0.2) is 9.97 Å². The Balaban J connectivity index is 1.18. The zero-order valence-electron chi connectivity index (χ0n) is 23.1. The number of nitrogens with one attached hydrogen (secondary N) is 2. The van der Waals surface area contributed by atoms with E-state index in [0.717, 1.165) is 36.8 Å². The van der Waals surface area contributed by atoms with Crippen LogP contribution in [0.25, 0.3) is 5.70 Å². The van der Waals surface area contributed by atoms with Crippen LogP contribution in [-0.4, -0.2) is 95.1 Å². The first-order valence-electron chi connectivity index (χ1n) is 13.7. The van der Waals surface area contributed by atoms with Crippen molar-refractivity contribution in [3.63, 3.8) is 0 Å². The Kier molecular flexibility index (Phi) is 9.52. The van der Waals surface area contributed by atoms with Gasteiger partial charge in [-0.2, -0.15) is 0 Å². The SMILES string of the molecule is CCOC(=O)CN1CCN(c2cnc(C(=O)NC3NC(c4cc(Cl)cs4)=C(CN4CCC[C@H]4C)S3)cn2)[C@@H](C)C1. The van der Waals surface area contributed by atoms with Gasteiger partial charge >= 0.3 is 5.97 Å². The third-order valence-corrected chi connectivity index (χ3v) is 9.85. The number of thiophene rings is 1. The number of aromatic nitrogens is 2. The van der Waals surface area contributed by atoms with Gasteiger partial charge in [-0.05, 0) is 46.2 Å². The van der Waals surface area contributed by atoms with Crippen molar-refractivity contribution in [3.8, 4) is 0 Å². The second-order valence-corrected chi connectivity index (χ2v) is 12.9. The zero-order valence-corrected chi connectivity index (χ0v) is 25.4. The molecule has 0 bridgehead atoms. The van der Waals surface area contributed by atoms with Gasteiger partial charge in [0, 0.05) is 48.5 Å². The lowest BCUT2D eigenvalue weighted by Crippen LogP contribution is -2.53. The number of hydrogen-bond donors (Lipinski definition) is 2. The number of rotatable bonds is 9. The Morgan fingerprint density at radius 2 is 2.05 bits per heavy atom. The highest BCUT2D eigenvalue weighted by atomic mass is 35.5. The second kappa shape index (κ2) is 13.1. The fraction of sp³-hybridized carbons (Fsp3) is 0.556. The van der Waals surface area contributed by atoms with Crippen molar-refractivity contribution >= 4 is 58.1 Å². The minimum Gasteiger partial charge on any atom is -0.465 e. The molecule has 10 nitrogen and oxygen atoms in total. The molecule has 0 saturated carbocycles. The second-order valence-electron chi connectivity index (χ2n) is 10.3. The average molecular weight is 606 g/mol. The van der Waals surface area contributed by atoms with Crippen molar-refractivity contribution in [1.82, 2.24) is 30.4 Å². The van der Waals surface area contributed by atoms with Gasteiger partial charge in [0.05, 0.1) is 41.1 Å². The molecule has 3 aliphatic rings. The Morgan fingerprint density at radius 1 is 1.20 bits per heavy atom. The normalized spacial score (nSPS) is 23.9. The summed E-state index contributed by atoms with van der Waals surface area (Å²) in [5, 5.41) is 9.20. The third-order valence-electron chi connectivity index (χ3n) is 7.46. The first-order chi connectivity index (χ1) is 19.3. The summed E-state index contributed by atoms with van der Waals surface area (Å²) >= 11 is 9.46. The molecule has 5 heterocycles. The van der Waals surface area contributed by atoms with Gasteiger partial charge in [-0.15, -0.1) is 11.3 Å². The van der Waals surface area contributed by atoms with Gasteiger partial charge in [0.1, 0.15) is 11.5 Å². The molecule has 40 heavy (non-hydrogen) atoms. The highest BCUT2D eigenvalue weighted by Crippen LogP contribution is 2.39. The number of halogens is 1. The van der Waals surface area contributed by atoms with Gasteiger partial charge in [-0.3, -0.25) is 19.4 Å². The van der Waals surface area contributed by atoms with Gasteiger partial charge in [0.2, 0.25) is 0 Å². The van der Waals surface area contributed by atoms with E-state index in [2.05, 4.69) is 49.1 Å². The molecule has 2 fully saturated rings. The Labute approximate surface area is 248 Å². The molecule has 3 atom stereocenters. The van der Waals surface area contributed by atoms with Crippen LogP contribution in [0.2, 0.25) is 5.02 Å². The van der Waals surface area contributed by atoms with Crippen molar-refractivity contribution in [2.75, 3.05) is 50.8 Å². The summed E-state index contributed by atoms with van der Waals surface area (Å²) in [4.78, 5) is 43.0. The maximum atomic E-state index is 13.1. The molecule has 5 rings (SSSR count). The van der Waals surface area contributed by atoms with Crippen LogP contribution in [0.3, 0.4) is 0 Å².